The number of aromatic nitrogens is 2. The zero-order valence-corrected chi connectivity index (χ0v) is 18.7. The summed E-state index contributed by atoms with van der Waals surface area (Å²) in [5, 5.41) is 7.78. The van der Waals surface area contributed by atoms with E-state index >= 15 is 0 Å². The van der Waals surface area contributed by atoms with Crippen LogP contribution in [0.4, 0.5) is 5.82 Å². The van der Waals surface area contributed by atoms with E-state index < -0.39 is 0 Å². The summed E-state index contributed by atoms with van der Waals surface area (Å²) in [5.74, 6) is 1.06. The molecule has 5 rings (SSSR count). The number of fused-ring (bicyclic) bond motifs is 1. The topological polar surface area (TPSA) is 77.1 Å². The number of ketones is 1. The lowest BCUT2D eigenvalue weighted by atomic mass is 9.94. The molecule has 0 fully saturated rings. The summed E-state index contributed by atoms with van der Waals surface area (Å²) in [4.78, 5) is 25.6. The molecule has 0 saturated heterocycles. The molecule has 2 aromatic carbocycles. The molecule has 2 aromatic heterocycles. The summed E-state index contributed by atoms with van der Waals surface area (Å²) in [5.41, 5.74) is 5.15. The van der Waals surface area contributed by atoms with E-state index in [9.17, 15) is 9.59 Å². The van der Waals surface area contributed by atoms with Gasteiger partial charge in [-0.15, -0.1) is 0 Å². The molecule has 33 heavy (non-hydrogen) atoms. The van der Waals surface area contributed by atoms with Crippen LogP contribution in [-0.2, 0) is 13.0 Å². The normalized spacial score (nSPS) is 13.1. The van der Waals surface area contributed by atoms with Crippen molar-refractivity contribution in [1.82, 2.24) is 9.78 Å². The van der Waals surface area contributed by atoms with Crippen molar-refractivity contribution in [2.75, 3.05) is 5.32 Å². The third kappa shape index (κ3) is 4.00. The average Bonchev–Trinajstić information content (AvgIpc) is 3.36. The molecule has 0 aliphatic heterocycles. The number of hydrogen-bond donors (Lipinski definition) is 1. The fraction of sp³-hybridized carbons (Fsp3) is 0.222. The summed E-state index contributed by atoms with van der Waals surface area (Å²) in [6, 6.07) is 19.9. The number of nitrogens with zero attached hydrogens (tertiary/aromatic N) is 2. The fourth-order valence-electron chi connectivity index (χ4n) is 4.42. The van der Waals surface area contributed by atoms with Crippen LogP contribution in [0.3, 0.4) is 0 Å². The van der Waals surface area contributed by atoms with E-state index in [1.54, 1.807) is 11.6 Å². The van der Waals surface area contributed by atoms with E-state index in [-0.39, 0.29) is 17.5 Å². The highest BCUT2D eigenvalue weighted by molar-refractivity contribution is 6.07. The molecular weight excluding hydrogens is 414 g/mol. The van der Waals surface area contributed by atoms with Gasteiger partial charge in [0.05, 0.1) is 17.8 Å². The lowest BCUT2D eigenvalue weighted by Crippen LogP contribution is -2.16. The number of benzene rings is 2. The molecule has 6 heteroatoms. The second-order valence-corrected chi connectivity index (χ2v) is 8.46. The van der Waals surface area contributed by atoms with Crippen molar-refractivity contribution in [3.05, 3.63) is 94.4 Å². The Balaban J connectivity index is 1.51. The second-order valence-electron chi connectivity index (χ2n) is 8.46. The van der Waals surface area contributed by atoms with Crippen molar-refractivity contribution in [3.8, 4) is 11.3 Å². The van der Waals surface area contributed by atoms with Crippen LogP contribution in [0.15, 0.2) is 65.1 Å². The van der Waals surface area contributed by atoms with Crippen LogP contribution >= 0.6 is 0 Å². The highest BCUT2D eigenvalue weighted by atomic mass is 16.4. The minimum Gasteiger partial charge on any atom is -0.455 e. The van der Waals surface area contributed by atoms with Gasteiger partial charge in [-0.2, -0.15) is 5.10 Å². The number of amides is 1. The van der Waals surface area contributed by atoms with E-state index in [2.05, 4.69) is 5.32 Å². The third-order valence-corrected chi connectivity index (χ3v) is 6.13. The van der Waals surface area contributed by atoms with Crippen molar-refractivity contribution in [2.24, 2.45) is 0 Å². The first-order valence-corrected chi connectivity index (χ1v) is 11.2. The van der Waals surface area contributed by atoms with Crippen molar-refractivity contribution in [2.45, 2.75) is 39.7 Å². The Morgan fingerprint density at radius 3 is 2.58 bits per heavy atom. The lowest BCUT2D eigenvalue weighted by Gasteiger charge is -2.08. The van der Waals surface area contributed by atoms with Crippen LogP contribution in [0.5, 0.6) is 0 Å². The summed E-state index contributed by atoms with van der Waals surface area (Å²) < 4.78 is 7.64. The first kappa shape index (κ1) is 20.9. The largest absolute Gasteiger partial charge is 0.455 e. The van der Waals surface area contributed by atoms with Gasteiger partial charge in [0.1, 0.15) is 11.6 Å². The number of anilines is 1. The SMILES string of the molecule is Cc1ccccc1-c1cc(NC(=O)c2oc3c(c2C)C(=O)CCC3)n(Cc2ccccc2)n1. The Labute approximate surface area is 192 Å². The Morgan fingerprint density at radius 2 is 1.82 bits per heavy atom. The van der Waals surface area contributed by atoms with Crippen molar-refractivity contribution >= 4 is 17.5 Å². The van der Waals surface area contributed by atoms with Crippen LogP contribution in [-0.4, -0.2) is 21.5 Å². The molecule has 166 valence electrons. The quantitative estimate of drug-likeness (QED) is 0.440. The van der Waals surface area contributed by atoms with Gasteiger partial charge < -0.3 is 9.73 Å². The van der Waals surface area contributed by atoms with Crippen molar-refractivity contribution < 1.29 is 14.0 Å². The molecule has 0 bridgehead atoms. The molecule has 1 amide bonds. The molecule has 0 saturated carbocycles. The van der Waals surface area contributed by atoms with E-state index in [0.29, 0.717) is 42.1 Å². The van der Waals surface area contributed by atoms with Gasteiger partial charge >= 0.3 is 0 Å². The van der Waals surface area contributed by atoms with Crippen LogP contribution in [0, 0.1) is 13.8 Å². The molecule has 1 aliphatic rings. The monoisotopic (exact) mass is 439 g/mol. The highest BCUT2D eigenvalue weighted by Crippen LogP contribution is 2.31. The predicted octanol–water partition coefficient (Wildman–Crippen LogP) is 5.58. The summed E-state index contributed by atoms with van der Waals surface area (Å²) in [6.07, 6.45) is 1.93. The summed E-state index contributed by atoms with van der Waals surface area (Å²) in [6.45, 7) is 4.33. The van der Waals surface area contributed by atoms with Crippen molar-refractivity contribution in [3.63, 3.8) is 0 Å². The molecule has 4 aromatic rings. The van der Waals surface area contributed by atoms with E-state index in [1.165, 1.54) is 0 Å². The van der Waals surface area contributed by atoms with Gasteiger partial charge in [-0.25, -0.2) is 4.68 Å². The number of nitrogens with one attached hydrogen (secondary N) is 1. The Bertz CT molecular complexity index is 1350. The molecule has 0 atom stereocenters. The molecule has 1 N–H and O–H groups in total. The molecular formula is C27H25N3O3. The lowest BCUT2D eigenvalue weighted by molar-refractivity contribution is 0.0963. The summed E-state index contributed by atoms with van der Waals surface area (Å²) >= 11 is 0. The molecule has 2 heterocycles. The number of carbonyl (C=O) groups is 2. The van der Waals surface area contributed by atoms with Crippen LogP contribution in [0.1, 0.15) is 56.2 Å². The molecule has 6 nitrogen and oxygen atoms in total. The zero-order valence-electron chi connectivity index (χ0n) is 18.7. The maximum atomic E-state index is 13.2. The highest BCUT2D eigenvalue weighted by Gasteiger charge is 2.29. The molecule has 0 unspecified atom stereocenters. The standard InChI is InChI=1S/C27H25N3O3/c1-17-9-6-7-12-20(17)21-15-24(30(29-21)16-19-10-4-3-5-11-19)28-27(32)26-18(2)25-22(31)13-8-14-23(25)33-26/h3-7,9-12,15H,8,13-14,16H2,1-2H3,(H,28,32). The van der Waals surface area contributed by atoms with Gasteiger partial charge in [-0.1, -0.05) is 54.6 Å². The maximum absolute atomic E-state index is 13.2. The van der Waals surface area contributed by atoms with Crippen LogP contribution < -0.4 is 5.32 Å². The third-order valence-electron chi connectivity index (χ3n) is 6.13. The van der Waals surface area contributed by atoms with E-state index in [1.807, 2.05) is 67.6 Å². The first-order valence-electron chi connectivity index (χ1n) is 11.2. The number of aryl methyl sites for hydroxylation is 2. The number of hydrogen-bond acceptors (Lipinski definition) is 4. The minimum absolute atomic E-state index is 0.0486. The zero-order chi connectivity index (χ0) is 22.9. The maximum Gasteiger partial charge on any atom is 0.292 e. The van der Waals surface area contributed by atoms with E-state index in [4.69, 9.17) is 9.52 Å². The Morgan fingerprint density at radius 1 is 1.06 bits per heavy atom. The predicted molar refractivity (Wildman–Crippen MR) is 127 cm³/mol. The molecule has 1 aliphatic carbocycles. The molecule has 0 spiro atoms. The number of carbonyl (C=O) groups excluding carboxylic acids is 2. The fourth-order valence-corrected chi connectivity index (χ4v) is 4.42. The van der Waals surface area contributed by atoms with E-state index in [0.717, 1.165) is 28.8 Å². The first-order chi connectivity index (χ1) is 16.0. The van der Waals surface area contributed by atoms with Crippen molar-refractivity contribution in [1.29, 1.82) is 0 Å². The number of rotatable bonds is 5. The van der Waals surface area contributed by atoms with Gasteiger partial charge in [-0.3, -0.25) is 9.59 Å². The Kier molecular flexibility index (Phi) is 5.42. The van der Waals surface area contributed by atoms with Crippen LogP contribution in [0.25, 0.3) is 11.3 Å². The van der Waals surface area contributed by atoms with Gasteiger partial charge in [0, 0.05) is 30.0 Å². The average molecular weight is 440 g/mol. The van der Waals surface area contributed by atoms with Crippen LogP contribution in [0.2, 0.25) is 0 Å². The second kappa shape index (κ2) is 8.54. The number of Topliss-reactive ketones (excluding diaryl/α,β-unsaturated/α-hetero) is 1. The van der Waals surface area contributed by atoms with Gasteiger partial charge in [0.15, 0.2) is 11.5 Å². The minimum atomic E-state index is -0.375. The smallest absolute Gasteiger partial charge is 0.292 e. The number of furan rings is 1. The van der Waals surface area contributed by atoms with Gasteiger partial charge in [0.2, 0.25) is 0 Å². The summed E-state index contributed by atoms with van der Waals surface area (Å²) in [7, 11) is 0. The van der Waals surface area contributed by atoms with Gasteiger partial charge in [0.25, 0.3) is 5.91 Å². The molecule has 0 radical (unpaired) electrons. The Hall–Kier alpha value is -3.93. The van der Waals surface area contributed by atoms with Gasteiger partial charge in [-0.05, 0) is 31.4 Å².